The van der Waals surface area contributed by atoms with Gasteiger partial charge in [0.25, 0.3) is 0 Å². The summed E-state index contributed by atoms with van der Waals surface area (Å²) in [6, 6.07) is 9.82. The molecule has 0 saturated heterocycles. The van der Waals surface area contributed by atoms with Gasteiger partial charge in [-0.2, -0.15) is 4.72 Å². The van der Waals surface area contributed by atoms with Crippen molar-refractivity contribution >= 4 is 60.7 Å². The Labute approximate surface area is 158 Å². The van der Waals surface area contributed by atoms with Crippen molar-refractivity contribution in [3.8, 4) is 0 Å². The van der Waals surface area contributed by atoms with Gasteiger partial charge in [-0.1, -0.05) is 45.2 Å². The number of halogens is 3. The molecule has 0 radical (unpaired) electrons. The number of sulfonamides is 1. The molecule has 0 fully saturated rings. The van der Waals surface area contributed by atoms with Crippen LogP contribution in [0.15, 0.2) is 51.8 Å². The van der Waals surface area contributed by atoms with E-state index in [1.54, 1.807) is 30.3 Å². The van der Waals surface area contributed by atoms with Gasteiger partial charge in [0.15, 0.2) is 0 Å². The lowest BCUT2D eigenvalue weighted by atomic mass is 10.3. The lowest BCUT2D eigenvalue weighted by Gasteiger charge is -2.16. The number of hydrogen-bond acceptors (Lipinski definition) is 3. The van der Waals surface area contributed by atoms with E-state index in [-0.39, 0.29) is 20.6 Å². The third-order valence-electron chi connectivity index (χ3n) is 3.06. The van der Waals surface area contributed by atoms with E-state index in [4.69, 9.17) is 23.2 Å². The van der Waals surface area contributed by atoms with Crippen LogP contribution in [-0.4, -0.2) is 20.4 Å². The fourth-order valence-electron chi connectivity index (χ4n) is 1.82. The van der Waals surface area contributed by atoms with E-state index in [2.05, 4.69) is 26.0 Å². The number of amides is 1. The number of para-hydroxylation sites is 1. The van der Waals surface area contributed by atoms with Crippen molar-refractivity contribution in [2.75, 3.05) is 5.32 Å². The van der Waals surface area contributed by atoms with Crippen molar-refractivity contribution in [3.63, 3.8) is 0 Å². The first-order valence-electron chi connectivity index (χ1n) is 6.73. The molecule has 0 spiro atoms. The van der Waals surface area contributed by atoms with Gasteiger partial charge in [-0.15, -0.1) is 0 Å². The standard InChI is InChI=1S/C15H13BrCl2N2O3S/c1-9(15(21)19-14-12(17)3-2-4-13(14)18)20-24(22,23)11-7-5-10(16)6-8-11/h2-9,20H,1H3,(H,19,21)/t9-/m1/s1. The molecule has 0 aromatic heterocycles. The fraction of sp³-hybridized carbons (Fsp3) is 0.133. The zero-order valence-electron chi connectivity index (χ0n) is 12.4. The molecule has 2 N–H and O–H groups in total. The van der Waals surface area contributed by atoms with Gasteiger partial charge in [-0.3, -0.25) is 4.79 Å². The summed E-state index contributed by atoms with van der Waals surface area (Å²) in [5, 5.41) is 3.05. The Hall–Kier alpha value is -1.12. The van der Waals surface area contributed by atoms with Gasteiger partial charge in [-0.05, 0) is 43.3 Å². The van der Waals surface area contributed by atoms with Crippen molar-refractivity contribution in [3.05, 3.63) is 57.0 Å². The lowest BCUT2D eigenvalue weighted by molar-refractivity contribution is -0.117. The van der Waals surface area contributed by atoms with Crippen molar-refractivity contribution in [1.29, 1.82) is 0 Å². The molecule has 1 atom stereocenters. The predicted molar refractivity (Wildman–Crippen MR) is 99.0 cm³/mol. The summed E-state index contributed by atoms with van der Waals surface area (Å²) in [7, 11) is -3.83. The summed E-state index contributed by atoms with van der Waals surface area (Å²) in [6.07, 6.45) is 0. The van der Waals surface area contributed by atoms with E-state index in [9.17, 15) is 13.2 Å². The SMILES string of the molecule is C[C@@H](NS(=O)(=O)c1ccc(Br)cc1)C(=O)Nc1c(Cl)cccc1Cl. The zero-order chi connectivity index (χ0) is 17.9. The minimum Gasteiger partial charge on any atom is -0.322 e. The van der Waals surface area contributed by atoms with Crippen LogP contribution in [0.3, 0.4) is 0 Å². The van der Waals surface area contributed by atoms with Crippen LogP contribution >= 0.6 is 39.1 Å². The van der Waals surface area contributed by atoms with Crippen molar-refractivity contribution in [1.82, 2.24) is 4.72 Å². The van der Waals surface area contributed by atoms with Crippen molar-refractivity contribution in [2.24, 2.45) is 0 Å². The molecule has 0 saturated carbocycles. The molecule has 2 aromatic rings. The second kappa shape index (κ2) is 7.84. The summed E-state index contributed by atoms with van der Waals surface area (Å²) < 4.78 is 27.6. The average Bonchev–Trinajstić information content (AvgIpc) is 2.51. The normalized spacial score (nSPS) is 12.7. The molecule has 0 aliphatic rings. The molecule has 2 rings (SSSR count). The number of benzene rings is 2. The minimum atomic E-state index is -3.83. The summed E-state index contributed by atoms with van der Waals surface area (Å²) in [5.74, 6) is -0.578. The molecule has 24 heavy (non-hydrogen) atoms. The highest BCUT2D eigenvalue weighted by molar-refractivity contribution is 9.10. The van der Waals surface area contributed by atoms with E-state index in [1.165, 1.54) is 19.1 Å². The first-order chi connectivity index (χ1) is 11.2. The molecule has 0 bridgehead atoms. The van der Waals surface area contributed by atoms with Crippen molar-refractivity contribution < 1.29 is 13.2 Å². The molecular formula is C15H13BrCl2N2O3S. The van der Waals surface area contributed by atoms with Crippen LogP contribution < -0.4 is 10.0 Å². The van der Waals surface area contributed by atoms with Crippen LogP contribution in [0, 0.1) is 0 Å². The van der Waals surface area contributed by atoms with Gasteiger partial charge >= 0.3 is 0 Å². The largest absolute Gasteiger partial charge is 0.322 e. The van der Waals surface area contributed by atoms with E-state index in [1.807, 2.05) is 0 Å². The second-order valence-corrected chi connectivity index (χ2v) is 8.33. The molecule has 2 aromatic carbocycles. The highest BCUT2D eigenvalue weighted by Crippen LogP contribution is 2.29. The third-order valence-corrected chi connectivity index (χ3v) is 5.78. The minimum absolute atomic E-state index is 0.0566. The Morgan fingerprint density at radius 3 is 2.17 bits per heavy atom. The Balaban J connectivity index is 2.12. The van der Waals surface area contributed by atoms with Crippen LogP contribution in [0.5, 0.6) is 0 Å². The summed E-state index contributed by atoms with van der Waals surface area (Å²) >= 11 is 15.2. The Bertz CT molecular complexity index is 837. The number of anilines is 1. The Morgan fingerprint density at radius 2 is 1.62 bits per heavy atom. The van der Waals surface area contributed by atoms with Crippen LogP contribution in [0.25, 0.3) is 0 Å². The van der Waals surface area contributed by atoms with Gasteiger partial charge in [0.2, 0.25) is 15.9 Å². The van der Waals surface area contributed by atoms with E-state index < -0.39 is 22.0 Å². The maximum Gasteiger partial charge on any atom is 0.242 e. The van der Waals surface area contributed by atoms with Crippen LogP contribution in [0.2, 0.25) is 10.0 Å². The van der Waals surface area contributed by atoms with Crippen LogP contribution in [-0.2, 0) is 14.8 Å². The number of rotatable bonds is 5. The highest BCUT2D eigenvalue weighted by Gasteiger charge is 2.23. The maximum atomic E-state index is 12.3. The average molecular weight is 452 g/mol. The quantitative estimate of drug-likeness (QED) is 0.719. The second-order valence-electron chi connectivity index (χ2n) is 4.88. The molecular weight excluding hydrogens is 439 g/mol. The number of hydrogen-bond donors (Lipinski definition) is 2. The molecule has 0 heterocycles. The topological polar surface area (TPSA) is 75.3 Å². The van der Waals surface area contributed by atoms with Crippen molar-refractivity contribution in [2.45, 2.75) is 17.9 Å². The van der Waals surface area contributed by atoms with E-state index in [0.29, 0.717) is 0 Å². The molecule has 1 amide bonds. The monoisotopic (exact) mass is 450 g/mol. The number of carbonyl (C=O) groups is 1. The first-order valence-corrected chi connectivity index (χ1v) is 9.76. The first kappa shape index (κ1) is 19.2. The lowest BCUT2D eigenvalue weighted by Crippen LogP contribution is -2.41. The molecule has 0 aliphatic carbocycles. The van der Waals surface area contributed by atoms with Gasteiger partial charge in [0.05, 0.1) is 26.7 Å². The molecule has 0 aliphatic heterocycles. The summed E-state index contributed by atoms with van der Waals surface area (Å²) in [5.41, 5.74) is 0.237. The number of carbonyl (C=O) groups excluding carboxylic acids is 1. The number of nitrogens with one attached hydrogen (secondary N) is 2. The Kier molecular flexibility index (Phi) is 6.28. The van der Waals surface area contributed by atoms with Crippen LogP contribution in [0.1, 0.15) is 6.92 Å². The summed E-state index contributed by atoms with van der Waals surface area (Å²) in [6.45, 7) is 1.43. The maximum absolute atomic E-state index is 12.3. The third kappa shape index (κ3) is 4.70. The zero-order valence-corrected chi connectivity index (χ0v) is 16.3. The Morgan fingerprint density at radius 1 is 1.08 bits per heavy atom. The smallest absolute Gasteiger partial charge is 0.242 e. The van der Waals surface area contributed by atoms with Gasteiger partial charge in [0.1, 0.15) is 0 Å². The predicted octanol–water partition coefficient (Wildman–Crippen LogP) is 4.06. The van der Waals surface area contributed by atoms with Gasteiger partial charge in [-0.25, -0.2) is 8.42 Å². The van der Waals surface area contributed by atoms with E-state index in [0.717, 1.165) is 4.47 Å². The molecule has 9 heteroatoms. The van der Waals surface area contributed by atoms with Gasteiger partial charge in [0, 0.05) is 4.47 Å². The van der Waals surface area contributed by atoms with E-state index >= 15 is 0 Å². The summed E-state index contributed by atoms with van der Waals surface area (Å²) in [4.78, 5) is 12.3. The highest BCUT2D eigenvalue weighted by atomic mass is 79.9. The molecule has 5 nitrogen and oxygen atoms in total. The van der Waals surface area contributed by atoms with Crippen LogP contribution in [0.4, 0.5) is 5.69 Å². The molecule has 0 unspecified atom stereocenters. The molecule has 128 valence electrons. The fourth-order valence-corrected chi connectivity index (χ4v) is 3.78. The van der Waals surface area contributed by atoms with Gasteiger partial charge < -0.3 is 5.32 Å².